The molecule has 1 amide bonds. The Balaban J connectivity index is 1.19. The van der Waals surface area contributed by atoms with Gasteiger partial charge in [-0.25, -0.2) is 15.0 Å². The molecule has 4 aromatic rings. The van der Waals surface area contributed by atoms with Gasteiger partial charge in [-0.05, 0) is 24.5 Å². The number of nitrogens with one attached hydrogen (secondary N) is 2. The van der Waals surface area contributed by atoms with E-state index in [-0.39, 0.29) is 11.9 Å². The fraction of sp³-hybridized carbons (Fsp3) is 0.304. The van der Waals surface area contributed by atoms with Crippen LogP contribution in [0, 0.1) is 0 Å². The number of H-pyrrole nitrogens is 1. The van der Waals surface area contributed by atoms with Crippen LogP contribution in [0.3, 0.4) is 0 Å². The van der Waals surface area contributed by atoms with Crippen molar-refractivity contribution >= 4 is 17.1 Å². The van der Waals surface area contributed by atoms with Crippen molar-refractivity contribution in [1.82, 2.24) is 34.7 Å². The molecule has 2 N–H and O–H groups in total. The molecule has 8 heteroatoms. The fourth-order valence-electron chi connectivity index (χ4n) is 4.07. The minimum Gasteiger partial charge on any atom is -0.349 e. The van der Waals surface area contributed by atoms with Crippen molar-refractivity contribution in [3.05, 3.63) is 78.3 Å². The van der Waals surface area contributed by atoms with Gasteiger partial charge in [0.2, 0.25) is 0 Å². The van der Waals surface area contributed by atoms with E-state index < -0.39 is 0 Å². The predicted octanol–water partition coefficient (Wildman–Crippen LogP) is 2.60. The molecule has 1 saturated heterocycles. The van der Waals surface area contributed by atoms with Crippen molar-refractivity contribution in [3.8, 4) is 0 Å². The first kappa shape index (κ1) is 19.4. The number of likely N-dealkylation sites (tertiary alicyclic amines) is 1. The Morgan fingerprint density at radius 1 is 1.10 bits per heavy atom. The van der Waals surface area contributed by atoms with Crippen molar-refractivity contribution in [2.45, 2.75) is 32.0 Å². The molecule has 3 aromatic heterocycles. The lowest BCUT2D eigenvalue weighted by Crippen LogP contribution is -2.44. The lowest BCUT2D eigenvalue weighted by molar-refractivity contribution is 0.0908. The van der Waals surface area contributed by atoms with E-state index in [2.05, 4.69) is 42.3 Å². The summed E-state index contributed by atoms with van der Waals surface area (Å²) in [5, 5.41) is 3.16. The number of imidazole rings is 2. The number of piperidine rings is 1. The van der Waals surface area contributed by atoms with Crippen LogP contribution in [0.15, 0.2) is 61.3 Å². The number of nitrogens with zero attached hydrogens (tertiary/aromatic N) is 5. The molecular weight excluding hydrogens is 390 g/mol. The molecule has 0 spiro atoms. The van der Waals surface area contributed by atoms with Crippen LogP contribution in [0.4, 0.5) is 0 Å². The third-order valence-electron chi connectivity index (χ3n) is 5.76. The van der Waals surface area contributed by atoms with Crippen LogP contribution in [-0.2, 0) is 13.1 Å². The molecule has 31 heavy (non-hydrogen) atoms. The van der Waals surface area contributed by atoms with Gasteiger partial charge in [0.15, 0.2) is 5.65 Å². The molecule has 0 atom stereocenters. The molecule has 0 bridgehead atoms. The smallest absolute Gasteiger partial charge is 0.253 e. The normalized spacial score (nSPS) is 15.4. The monoisotopic (exact) mass is 415 g/mol. The van der Waals surface area contributed by atoms with Crippen LogP contribution < -0.4 is 5.32 Å². The SMILES string of the molecule is O=C(NC1CCN(Cc2ncc[nH]2)CC1)c1cnc2c(c1)ncn2Cc1ccccc1. The predicted molar refractivity (Wildman–Crippen MR) is 117 cm³/mol. The van der Waals surface area contributed by atoms with Crippen molar-refractivity contribution in [2.75, 3.05) is 13.1 Å². The topological polar surface area (TPSA) is 91.7 Å². The maximum absolute atomic E-state index is 12.8. The van der Waals surface area contributed by atoms with Gasteiger partial charge in [-0.15, -0.1) is 0 Å². The number of carbonyl (C=O) groups is 1. The van der Waals surface area contributed by atoms with Crippen molar-refractivity contribution < 1.29 is 4.79 Å². The van der Waals surface area contributed by atoms with Gasteiger partial charge in [-0.3, -0.25) is 9.69 Å². The zero-order chi connectivity index (χ0) is 21.0. The lowest BCUT2D eigenvalue weighted by atomic mass is 10.0. The summed E-state index contributed by atoms with van der Waals surface area (Å²) in [5.74, 6) is 0.894. The van der Waals surface area contributed by atoms with E-state index in [1.54, 1.807) is 18.7 Å². The van der Waals surface area contributed by atoms with Gasteiger partial charge in [0.1, 0.15) is 11.3 Å². The Hall–Kier alpha value is -3.52. The van der Waals surface area contributed by atoms with E-state index in [9.17, 15) is 4.79 Å². The molecule has 1 aliphatic heterocycles. The summed E-state index contributed by atoms with van der Waals surface area (Å²) in [6.07, 6.45) is 8.89. The first-order valence-corrected chi connectivity index (χ1v) is 10.6. The van der Waals surface area contributed by atoms with Crippen molar-refractivity contribution in [1.29, 1.82) is 0 Å². The Morgan fingerprint density at radius 2 is 1.94 bits per heavy atom. The second-order valence-corrected chi connectivity index (χ2v) is 7.98. The van der Waals surface area contributed by atoms with Crippen LogP contribution in [0.2, 0.25) is 0 Å². The van der Waals surface area contributed by atoms with Crippen LogP contribution in [0.25, 0.3) is 11.2 Å². The van der Waals surface area contributed by atoms with E-state index >= 15 is 0 Å². The molecule has 5 rings (SSSR count). The summed E-state index contributed by atoms with van der Waals surface area (Å²) in [6.45, 7) is 3.39. The lowest BCUT2D eigenvalue weighted by Gasteiger charge is -2.31. The standard InChI is InChI=1S/C23H25N7O/c31-23(28-19-6-10-29(11-7-19)15-21-24-8-9-25-21)18-12-20-22(26-13-18)30(16-27-20)14-17-4-2-1-3-5-17/h1-5,8-9,12-13,16,19H,6-7,10-11,14-15H2,(H,24,25)(H,28,31). The number of hydrogen-bond acceptors (Lipinski definition) is 5. The third kappa shape index (κ3) is 4.49. The Labute approximate surface area is 180 Å². The summed E-state index contributed by atoms with van der Waals surface area (Å²) in [6, 6.07) is 12.2. The summed E-state index contributed by atoms with van der Waals surface area (Å²) < 4.78 is 2.00. The zero-order valence-corrected chi connectivity index (χ0v) is 17.2. The molecule has 8 nitrogen and oxygen atoms in total. The zero-order valence-electron chi connectivity index (χ0n) is 17.2. The minimum atomic E-state index is -0.0866. The molecular formula is C23H25N7O. The second-order valence-electron chi connectivity index (χ2n) is 7.98. The minimum absolute atomic E-state index is 0.0866. The Morgan fingerprint density at radius 3 is 2.71 bits per heavy atom. The van der Waals surface area contributed by atoms with E-state index in [0.29, 0.717) is 12.1 Å². The van der Waals surface area contributed by atoms with E-state index in [1.807, 2.05) is 35.0 Å². The Bertz CT molecular complexity index is 1150. The average molecular weight is 416 g/mol. The molecule has 4 heterocycles. The number of aromatic amines is 1. The maximum atomic E-state index is 12.8. The quantitative estimate of drug-likeness (QED) is 0.505. The van der Waals surface area contributed by atoms with Crippen LogP contribution in [-0.4, -0.2) is 54.4 Å². The van der Waals surface area contributed by atoms with Gasteiger partial charge in [0, 0.05) is 37.7 Å². The molecule has 0 saturated carbocycles. The van der Waals surface area contributed by atoms with E-state index in [0.717, 1.165) is 49.5 Å². The summed E-state index contributed by atoms with van der Waals surface area (Å²) in [7, 11) is 0. The van der Waals surface area contributed by atoms with E-state index in [1.165, 1.54) is 5.56 Å². The molecule has 0 aliphatic carbocycles. The fourth-order valence-corrected chi connectivity index (χ4v) is 4.07. The van der Waals surface area contributed by atoms with Gasteiger partial charge in [-0.1, -0.05) is 30.3 Å². The molecule has 1 aromatic carbocycles. The average Bonchev–Trinajstić information content (AvgIpc) is 3.46. The molecule has 1 fully saturated rings. The first-order chi connectivity index (χ1) is 15.2. The number of fused-ring (bicyclic) bond motifs is 1. The second kappa shape index (κ2) is 8.69. The van der Waals surface area contributed by atoms with Gasteiger partial charge in [0.25, 0.3) is 5.91 Å². The van der Waals surface area contributed by atoms with Crippen molar-refractivity contribution in [3.63, 3.8) is 0 Å². The number of carbonyl (C=O) groups excluding carboxylic acids is 1. The summed E-state index contributed by atoms with van der Waals surface area (Å²) >= 11 is 0. The highest BCUT2D eigenvalue weighted by atomic mass is 16.1. The number of aromatic nitrogens is 5. The number of rotatable bonds is 6. The number of hydrogen-bond donors (Lipinski definition) is 2. The van der Waals surface area contributed by atoms with Crippen LogP contribution in [0.5, 0.6) is 0 Å². The van der Waals surface area contributed by atoms with Crippen LogP contribution in [0.1, 0.15) is 34.6 Å². The van der Waals surface area contributed by atoms with Crippen molar-refractivity contribution in [2.24, 2.45) is 0 Å². The highest BCUT2D eigenvalue weighted by Gasteiger charge is 2.22. The number of benzene rings is 1. The highest BCUT2D eigenvalue weighted by molar-refractivity contribution is 5.96. The number of amides is 1. The molecule has 1 aliphatic rings. The summed E-state index contributed by atoms with van der Waals surface area (Å²) in [4.78, 5) is 31.5. The maximum Gasteiger partial charge on any atom is 0.253 e. The first-order valence-electron chi connectivity index (χ1n) is 10.6. The Kier molecular flexibility index (Phi) is 5.45. The molecule has 0 radical (unpaired) electrons. The van der Waals surface area contributed by atoms with Gasteiger partial charge >= 0.3 is 0 Å². The van der Waals surface area contributed by atoms with Gasteiger partial charge in [0.05, 0.1) is 25.0 Å². The highest BCUT2D eigenvalue weighted by Crippen LogP contribution is 2.16. The third-order valence-corrected chi connectivity index (χ3v) is 5.76. The van der Waals surface area contributed by atoms with E-state index in [4.69, 9.17) is 0 Å². The largest absolute Gasteiger partial charge is 0.349 e. The van der Waals surface area contributed by atoms with Crippen LogP contribution >= 0.6 is 0 Å². The molecule has 0 unspecified atom stereocenters. The number of pyridine rings is 1. The van der Waals surface area contributed by atoms with Gasteiger partial charge in [-0.2, -0.15) is 0 Å². The van der Waals surface area contributed by atoms with Gasteiger partial charge < -0.3 is 14.9 Å². The summed E-state index contributed by atoms with van der Waals surface area (Å²) in [5.41, 5.74) is 3.25. The molecule has 158 valence electrons.